The minimum absolute atomic E-state index is 0.0135. The zero-order chi connectivity index (χ0) is 35.8. The van der Waals surface area contributed by atoms with E-state index in [4.69, 9.17) is 9.72 Å². The number of anilines is 2. The Morgan fingerprint density at radius 3 is 2.34 bits per heavy atom. The first-order valence-electron chi connectivity index (χ1n) is 17.7. The van der Waals surface area contributed by atoms with E-state index in [0.717, 1.165) is 48.1 Å². The predicted molar refractivity (Wildman–Crippen MR) is 192 cm³/mol. The molecule has 0 radical (unpaired) electrons. The number of hydrogen-bond donors (Lipinski definition) is 0. The number of pyridine rings is 1. The molecule has 3 aromatic rings. The van der Waals surface area contributed by atoms with Crippen LogP contribution in [0.1, 0.15) is 65.3 Å². The molecule has 0 aliphatic carbocycles. The molecule has 2 saturated heterocycles. The molecule has 1 aromatic carbocycles. The number of benzene rings is 1. The predicted octanol–water partition coefficient (Wildman–Crippen LogP) is 4.75. The zero-order valence-corrected chi connectivity index (χ0v) is 30.5. The Balaban J connectivity index is 1.21. The number of fused-ring (bicyclic) bond motifs is 1. The summed E-state index contributed by atoms with van der Waals surface area (Å²) in [4.78, 5) is 52.1. The maximum absolute atomic E-state index is 14.4. The number of hydrogen-bond acceptors (Lipinski definition) is 9. The maximum atomic E-state index is 14.4. The Morgan fingerprint density at radius 2 is 1.66 bits per heavy atom. The van der Waals surface area contributed by atoms with Crippen LogP contribution in [0.2, 0.25) is 0 Å². The number of aromatic nitrogens is 3. The molecule has 12 heteroatoms. The quantitative estimate of drug-likeness (QED) is 0.349. The van der Waals surface area contributed by atoms with Crippen molar-refractivity contribution in [3.8, 4) is 0 Å². The average Bonchev–Trinajstić information content (AvgIpc) is 3.33. The first kappa shape index (κ1) is 35.7. The van der Waals surface area contributed by atoms with Gasteiger partial charge in [0.25, 0.3) is 0 Å². The minimum atomic E-state index is -0.608. The van der Waals surface area contributed by atoms with Crippen molar-refractivity contribution in [3.63, 3.8) is 0 Å². The van der Waals surface area contributed by atoms with E-state index in [0.29, 0.717) is 32.6 Å². The summed E-state index contributed by atoms with van der Waals surface area (Å²) >= 11 is 0. The molecule has 11 nitrogen and oxygen atoms in total. The van der Waals surface area contributed by atoms with Gasteiger partial charge in [-0.25, -0.2) is 19.2 Å². The Kier molecular flexibility index (Phi) is 10.1. The lowest BCUT2D eigenvalue weighted by molar-refractivity contribution is -0.121. The van der Waals surface area contributed by atoms with Crippen molar-refractivity contribution in [1.29, 1.82) is 0 Å². The van der Waals surface area contributed by atoms with Gasteiger partial charge in [-0.1, -0.05) is 26.0 Å². The fourth-order valence-electron chi connectivity index (χ4n) is 7.42. The highest BCUT2D eigenvalue weighted by Gasteiger charge is 2.43. The van der Waals surface area contributed by atoms with Crippen LogP contribution in [0.15, 0.2) is 55.0 Å². The van der Waals surface area contributed by atoms with Gasteiger partial charge in [-0.2, -0.15) is 0 Å². The third-order valence-corrected chi connectivity index (χ3v) is 10.00. The highest BCUT2D eigenvalue weighted by molar-refractivity contribution is 5.97. The molecular weight excluding hydrogens is 635 g/mol. The van der Waals surface area contributed by atoms with Gasteiger partial charge in [0, 0.05) is 87.9 Å². The maximum Gasteiger partial charge on any atom is 0.410 e. The molecule has 0 spiro atoms. The number of nitrogens with zero attached hydrogens (tertiary/aromatic N) is 8. The fraction of sp³-hybridized carbons (Fsp3) is 0.553. The largest absolute Gasteiger partial charge is 0.444 e. The van der Waals surface area contributed by atoms with Crippen LogP contribution in [-0.2, 0) is 21.4 Å². The highest BCUT2D eigenvalue weighted by atomic mass is 19.1. The van der Waals surface area contributed by atoms with E-state index in [2.05, 4.69) is 51.5 Å². The Bertz CT molecular complexity index is 1660. The van der Waals surface area contributed by atoms with Crippen molar-refractivity contribution in [3.05, 3.63) is 77.6 Å². The first-order chi connectivity index (χ1) is 23.7. The van der Waals surface area contributed by atoms with E-state index in [1.54, 1.807) is 24.5 Å². The van der Waals surface area contributed by atoms with Crippen molar-refractivity contribution in [2.24, 2.45) is 0 Å². The molecule has 3 atom stereocenters. The lowest BCUT2D eigenvalue weighted by atomic mass is 9.91. The van der Waals surface area contributed by atoms with Crippen molar-refractivity contribution in [1.82, 2.24) is 29.7 Å². The number of rotatable bonds is 7. The third kappa shape index (κ3) is 8.07. The number of piperazine rings is 2. The second-order valence-corrected chi connectivity index (χ2v) is 15.8. The second kappa shape index (κ2) is 14.2. The molecule has 0 bridgehead atoms. The monoisotopic (exact) mass is 686 g/mol. The lowest BCUT2D eigenvalue weighted by Crippen LogP contribution is -2.65. The van der Waals surface area contributed by atoms with Gasteiger partial charge in [0.05, 0.1) is 17.9 Å². The SMILES string of the molecule is C[C@@H]1CN(c2ncccn2)CCN1C[C@H]1CN(C(=O)OC(C)(C)C)[C@H](C)CN1CC(=O)N1CC(C)(C)c2ncc(Cc3ccc(F)cc3)cc21. The van der Waals surface area contributed by atoms with Gasteiger partial charge in [-0.15, -0.1) is 0 Å². The molecule has 268 valence electrons. The lowest BCUT2D eigenvalue weighted by Gasteiger charge is -2.48. The normalized spacial score (nSPS) is 22.8. The van der Waals surface area contributed by atoms with Gasteiger partial charge >= 0.3 is 6.09 Å². The van der Waals surface area contributed by atoms with Gasteiger partial charge < -0.3 is 19.4 Å². The number of halogens is 1. The summed E-state index contributed by atoms with van der Waals surface area (Å²) in [6, 6.07) is 10.4. The summed E-state index contributed by atoms with van der Waals surface area (Å²) in [7, 11) is 0. The topological polar surface area (TPSA) is 98.2 Å². The summed E-state index contributed by atoms with van der Waals surface area (Å²) in [6.45, 7) is 19.0. The number of amides is 2. The molecule has 6 rings (SSSR count). The van der Waals surface area contributed by atoms with E-state index < -0.39 is 5.60 Å². The molecule has 2 fully saturated rings. The van der Waals surface area contributed by atoms with Gasteiger partial charge in [0.15, 0.2) is 0 Å². The molecule has 3 aliphatic heterocycles. The van der Waals surface area contributed by atoms with Gasteiger partial charge in [-0.05, 0) is 76.4 Å². The van der Waals surface area contributed by atoms with Crippen LogP contribution < -0.4 is 9.80 Å². The van der Waals surface area contributed by atoms with E-state index in [1.807, 2.05) is 49.8 Å². The molecule has 0 N–H and O–H groups in total. The summed E-state index contributed by atoms with van der Waals surface area (Å²) in [5.41, 5.74) is 2.78. The molecule has 0 unspecified atom stereocenters. The standard InChI is InChI=1S/C38H51FN8O3/c1-26-20-44(35-40-13-8-14-41-35)16-15-43(26)22-31-23-46(36(49)50-37(3,4)5)27(2)21-45(31)24-33(48)47-25-38(6,7)34-32(47)18-29(19-42-34)17-28-9-11-30(39)12-10-28/h8-14,18-19,26-27,31H,15-17,20-25H2,1-7H3/t26-,27-,31+/m1/s1. The fourth-order valence-corrected chi connectivity index (χ4v) is 7.42. The highest BCUT2D eigenvalue weighted by Crippen LogP contribution is 2.40. The summed E-state index contributed by atoms with van der Waals surface area (Å²) in [5, 5.41) is 0. The number of carbonyl (C=O) groups is 2. The third-order valence-electron chi connectivity index (χ3n) is 10.00. The molecule has 2 amide bonds. The smallest absolute Gasteiger partial charge is 0.410 e. The molecular formula is C38H51FN8O3. The average molecular weight is 687 g/mol. The van der Waals surface area contributed by atoms with E-state index in [-0.39, 0.29) is 47.9 Å². The van der Waals surface area contributed by atoms with Crippen LogP contribution in [0.5, 0.6) is 0 Å². The molecule has 0 saturated carbocycles. The molecule has 5 heterocycles. The van der Waals surface area contributed by atoms with E-state index in [1.165, 1.54) is 12.1 Å². The van der Waals surface area contributed by atoms with Crippen LogP contribution in [0.25, 0.3) is 0 Å². The van der Waals surface area contributed by atoms with Crippen molar-refractivity contribution >= 4 is 23.6 Å². The van der Waals surface area contributed by atoms with Crippen molar-refractivity contribution < 1.29 is 18.7 Å². The van der Waals surface area contributed by atoms with Crippen molar-refractivity contribution in [2.45, 2.75) is 84.0 Å². The van der Waals surface area contributed by atoms with Gasteiger partial charge in [-0.3, -0.25) is 19.6 Å². The number of ether oxygens (including phenoxy) is 1. The van der Waals surface area contributed by atoms with Gasteiger partial charge in [0.2, 0.25) is 11.9 Å². The summed E-state index contributed by atoms with van der Waals surface area (Å²) in [6.07, 6.45) is 5.68. The molecule has 2 aromatic heterocycles. The van der Waals surface area contributed by atoms with Gasteiger partial charge in [0.1, 0.15) is 11.4 Å². The number of carbonyl (C=O) groups excluding carboxylic acids is 2. The van der Waals surface area contributed by atoms with Crippen molar-refractivity contribution in [2.75, 3.05) is 62.2 Å². The summed E-state index contributed by atoms with van der Waals surface area (Å²) < 4.78 is 19.4. The van der Waals surface area contributed by atoms with Crippen LogP contribution in [-0.4, -0.2) is 118 Å². The van der Waals surface area contributed by atoms with Crippen LogP contribution in [0, 0.1) is 5.82 Å². The zero-order valence-electron chi connectivity index (χ0n) is 30.5. The Morgan fingerprint density at radius 1 is 0.940 bits per heavy atom. The van der Waals surface area contributed by atoms with Crippen LogP contribution in [0.3, 0.4) is 0 Å². The second-order valence-electron chi connectivity index (χ2n) is 15.8. The van der Waals surface area contributed by atoms with E-state index in [9.17, 15) is 14.0 Å². The molecule has 50 heavy (non-hydrogen) atoms. The van der Waals surface area contributed by atoms with Crippen LogP contribution >= 0.6 is 0 Å². The molecule has 3 aliphatic rings. The first-order valence-corrected chi connectivity index (χ1v) is 17.7. The Labute approximate surface area is 295 Å². The Hall–Kier alpha value is -4.16. The minimum Gasteiger partial charge on any atom is -0.444 e. The van der Waals surface area contributed by atoms with Crippen LogP contribution in [0.4, 0.5) is 20.8 Å². The summed E-state index contributed by atoms with van der Waals surface area (Å²) in [5.74, 6) is 0.481. The van der Waals surface area contributed by atoms with E-state index >= 15 is 0 Å².